The van der Waals surface area contributed by atoms with E-state index in [-0.39, 0.29) is 22.0 Å². The fraction of sp³-hybridized carbons (Fsp3) is 0. The number of carbonyl (C=O) groups excluding carboxylic acids is 1. The minimum Gasteiger partial charge on any atom is -0.398 e. The first-order valence-corrected chi connectivity index (χ1v) is 3.75. The molecule has 0 heterocycles. The molecule has 2 N–H and O–H groups in total. The van der Waals surface area contributed by atoms with Crippen molar-refractivity contribution in [1.29, 1.82) is 0 Å². The third-order valence-corrected chi connectivity index (χ3v) is 2.08. The van der Waals surface area contributed by atoms with E-state index in [0.29, 0.717) is 0 Å². The molecule has 12 heavy (non-hydrogen) atoms. The maximum absolute atomic E-state index is 12.9. The van der Waals surface area contributed by atoms with Gasteiger partial charge in [0.05, 0.1) is 10.0 Å². The number of rotatable bonds is 1. The molecular weight excluding hydrogens is 232 g/mol. The highest BCUT2D eigenvalue weighted by Crippen LogP contribution is 2.25. The summed E-state index contributed by atoms with van der Waals surface area (Å²) < 4.78 is 25.2. The number of hydrogen-bond acceptors (Lipinski definition) is 2. The van der Waals surface area contributed by atoms with Crippen LogP contribution in [0.5, 0.6) is 0 Å². The Kier molecular flexibility index (Phi) is 2.42. The number of anilines is 1. The molecule has 0 aliphatic carbocycles. The monoisotopic (exact) mass is 235 g/mol. The topological polar surface area (TPSA) is 43.1 Å². The van der Waals surface area contributed by atoms with Crippen molar-refractivity contribution >= 4 is 27.9 Å². The lowest BCUT2D eigenvalue weighted by molar-refractivity contribution is 0.112. The lowest BCUT2D eigenvalue weighted by Gasteiger charge is -2.02. The maximum atomic E-state index is 12.9. The molecular formula is C7H4BrF2NO. The lowest BCUT2D eigenvalue weighted by atomic mass is 10.2. The third-order valence-electron chi connectivity index (χ3n) is 1.35. The van der Waals surface area contributed by atoms with Crippen LogP contribution in [-0.4, -0.2) is 6.29 Å². The number of aldehydes is 1. The van der Waals surface area contributed by atoms with Crippen LogP contribution in [0, 0.1) is 11.6 Å². The van der Waals surface area contributed by atoms with Crippen molar-refractivity contribution in [3.63, 3.8) is 0 Å². The van der Waals surface area contributed by atoms with Gasteiger partial charge in [0.1, 0.15) is 5.82 Å². The highest BCUT2D eigenvalue weighted by molar-refractivity contribution is 9.10. The molecule has 1 aromatic rings. The van der Waals surface area contributed by atoms with Crippen molar-refractivity contribution in [2.45, 2.75) is 0 Å². The highest BCUT2D eigenvalue weighted by Gasteiger charge is 2.14. The molecule has 5 heteroatoms. The molecule has 0 amide bonds. The Bertz CT molecular complexity index is 341. The Morgan fingerprint density at radius 3 is 2.58 bits per heavy atom. The predicted octanol–water partition coefficient (Wildman–Crippen LogP) is 2.12. The van der Waals surface area contributed by atoms with E-state index in [1.165, 1.54) is 0 Å². The first-order valence-electron chi connectivity index (χ1n) is 2.96. The normalized spacial score (nSPS) is 9.92. The summed E-state index contributed by atoms with van der Waals surface area (Å²) in [6, 6.07) is 0.886. The molecule has 64 valence electrons. The van der Waals surface area contributed by atoms with Crippen molar-refractivity contribution in [3.05, 3.63) is 27.7 Å². The molecule has 0 spiro atoms. The second-order valence-corrected chi connectivity index (χ2v) is 2.90. The molecule has 0 aliphatic rings. The molecule has 1 aromatic carbocycles. The summed E-state index contributed by atoms with van der Waals surface area (Å²) in [5.41, 5.74) is 4.63. The Hall–Kier alpha value is -0.970. The molecule has 0 radical (unpaired) electrons. The number of nitrogen functional groups attached to an aromatic ring is 1. The fourth-order valence-electron chi connectivity index (χ4n) is 0.747. The minimum absolute atomic E-state index is 0.205. The molecule has 0 unspecified atom stereocenters. The van der Waals surface area contributed by atoms with Crippen LogP contribution < -0.4 is 5.73 Å². The molecule has 2 nitrogen and oxygen atoms in total. The molecule has 0 aromatic heterocycles. The highest BCUT2D eigenvalue weighted by atomic mass is 79.9. The van der Waals surface area contributed by atoms with Crippen molar-refractivity contribution in [1.82, 2.24) is 0 Å². The van der Waals surface area contributed by atoms with Gasteiger partial charge in [-0.05, 0) is 22.0 Å². The standard InChI is InChI=1S/C7H4BrF2NO/c8-6-4(9)1-5(11)3(2-12)7(6)10/h1-2H,11H2. The van der Waals surface area contributed by atoms with Crippen LogP contribution in [0.1, 0.15) is 10.4 Å². The van der Waals surface area contributed by atoms with E-state index in [9.17, 15) is 13.6 Å². The molecule has 0 fully saturated rings. The van der Waals surface area contributed by atoms with Crippen LogP contribution in [0.25, 0.3) is 0 Å². The Morgan fingerprint density at radius 2 is 2.08 bits per heavy atom. The van der Waals surface area contributed by atoms with E-state index in [2.05, 4.69) is 15.9 Å². The number of hydrogen-bond donors (Lipinski definition) is 1. The molecule has 0 atom stereocenters. The number of carbonyl (C=O) groups is 1. The van der Waals surface area contributed by atoms with Crippen molar-refractivity contribution in [2.24, 2.45) is 0 Å². The first kappa shape index (κ1) is 9.12. The Balaban J connectivity index is 3.51. The average molecular weight is 236 g/mol. The zero-order valence-electron chi connectivity index (χ0n) is 5.77. The summed E-state index contributed by atoms with van der Waals surface area (Å²) in [4.78, 5) is 10.2. The summed E-state index contributed by atoms with van der Waals surface area (Å²) in [7, 11) is 0. The molecule has 0 bridgehead atoms. The summed E-state index contributed by atoms with van der Waals surface area (Å²) in [5.74, 6) is -1.79. The summed E-state index contributed by atoms with van der Waals surface area (Å²) >= 11 is 2.64. The smallest absolute Gasteiger partial charge is 0.155 e. The van der Waals surface area contributed by atoms with Crippen LogP contribution >= 0.6 is 15.9 Å². The average Bonchev–Trinajstić information content (AvgIpc) is 2.01. The molecule has 0 saturated heterocycles. The number of nitrogens with two attached hydrogens (primary N) is 1. The van der Waals surface area contributed by atoms with Gasteiger partial charge in [0.15, 0.2) is 12.1 Å². The van der Waals surface area contributed by atoms with Gasteiger partial charge >= 0.3 is 0 Å². The quantitative estimate of drug-likeness (QED) is 0.461. The second-order valence-electron chi connectivity index (χ2n) is 2.11. The zero-order valence-corrected chi connectivity index (χ0v) is 7.36. The van der Waals surface area contributed by atoms with Crippen molar-refractivity contribution in [3.8, 4) is 0 Å². The van der Waals surface area contributed by atoms with Crippen LogP contribution in [0.4, 0.5) is 14.5 Å². The van der Waals surface area contributed by atoms with E-state index in [1.54, 1.807) is 0 Å². The van der Waals surface area contributed by atoms with Crippen molar-refractivity contribution in [2.75, 3.05) is 5.73 Å². The van der Waals surface area contributed by atoms with Crippen LogP contribution in [0.15, 0.2) is 10.5 Å². The van der Waals surface area contributed by atoms with Gasteiger partial charge in [-0.25, -0.2) is 8.78 Å². The number of halogens is 3. The van der Waals surface area contributed by atoms with Gasteiger partial charge in [-0.15, -0.1) is 0 Å². The summed E-state index contributed by atoms with van der Waals surface area (Å²) in [6.45, 7) is 0. The maximum Gasteiger partial charge on any atom is 0.155 e. The third kappa shape index (κ3) is 1.32. The predicted molar refractivity (Wildman–Crippen MR) is 43.9 cm³/mol. The van der Waals surface area contributed by atoms with E-state index >= 15 is 0 Å². The molecule has 1 rings (SSSR count). The fourth-order valence-corrected chi connectivity index (χ4v) is 1.08. The van der Waals surface area contributed by atoms with Gasteiger partial charge in [-0.1, -0.05) is 0 Å². The van der Waals surface area contributed by atoms with E-state index in [0.717, 1.165) is 6.07 Å². The first-order chi connectivity index (χ1) is 5.57. The van der Waals surface area contributed by atoms with Gasteiger partial charge in [0.25, 0.3) is 0 Å². The van der Waals surface area contributed by atoms with E-state index in [1.807, 2.05) is 0 Å². The Morgan fingerprint density at radius 1 is 1.50 bits per heavy atom. The van der Waals surface area contributed by atoms with E-state index in [4.69, 9.17) is 5.73 Å². The zero-order chi connectivity index (χ0) is 9.30. The van der Waals surface area contributed by atoms with Gasteiger partial charge in [0, 0.05) is 5.69 Å². The number of benzene rings is 1. The lowest BCUT2D eigenvalue weighted by Crippen LogP contribution is -1.99. The van der Waals surface area contributed by atoms with Gasteiger partial charge < -0.3 is 5.73 Å². The minimum atomic E-state index is -0.970. The summed E-state index contributed by atoms with van der Waals surface area (Å²) in [6.07, 6.45) is 0.245. The van der Waals surface area contributed by atoms with Gasteiger partial charge in [-0.3, -0.25) is 4.79 Å². The molecule has 0 aliphatic heterocycles. The van der Waals surface area contributed by atoms with Crippen LogP contribution in [0.3, 0.4) is 0 Å². The van der Waals surface area contributed by atoms with Gasteiger partial charge in [0.2, 0.25) is 0 Å². The SMILES string of the molecule is Nc1cc(F)c(Br)c(F)c1C=O. The van der Waals surface area contributed by atoms with E-state index < -0.39 is 11.6 Å². The molecule has 0 saturated carbocycles. The van der Waals surface area contributed by atoms with Gasteiger partial charge in [-0.2, -0.15) is 0 Å². The van der Waals surface area contributed by atoms with Crippen LogP contribution in [0.2, 0.25) is 0 Å². The van der Waals surface area contributed by atoms with Crippen molar-refractivity contribution < 1.29 is 13.6 Å². The van der Waals surface area contributed by atoms with Crippen LogP contribution in [-0.2, 0) is 0 Å². The summed E-state index contributed by atoms with van der Waals surface area (Å²) in [5, 5.41) is 0. The largest absolute Gasteiger partial charge is 0.398 e. The Labute approximate surface area is 75.5 Å². The second kappa shape index (κ2) is 3.18.